The average Bonchev–Trinajstić information content (AvgIpc) is 2.57. The maximum atomic E-state index is 6.37. The van der Waals surface area contributed by atoms with Crippen LogP contribution in [0.2, 0.25) is 0 Å². The van der Waals surface area contributed by atoms with E-state index in [0.29, 0.717) is 11.5 Å². The average molecular weight is 262 g/mol. The van der Waals surface area contributed by atoms with Crippen LogP contribution in [0.4, 0.5) is 0 Å². The molecule has 2 saturated carbocycles. The Morgan fingerprint density at radius 3 is 3.21 bits per heavy atom. The van der Waals surface area contributed by atoms with Gasteiger partial charge in [0.25, 0.3) is 0 Å². The fourth-order valence-corrected chi connectivity index (χ4v) is 5.81. The molecular weight excluding hydrogens is 236 g/mol. The van der Waals surface area contributed by atoms with Gasteiger partial charge in [-0.3, -0.25) is 0 Å². The van der Waals surface area contributed by atoms with Crippen LogP contribution in [0.25, 0.3) is 0 Å². The van der Waals surface area contributed by atoms with Gasteiger partial charge >= 0.3 is 0 Å². The van der Waals surface area contributed by atoms with Crippen LogP contribution in [-0.2, 0) is 9.47 Å². The van der Waals surface area contributed by atoms with Gasteiger partial charge < -0.3 is 9.47 Å². The topological polar surface area (TPSA) is 18.5 Å². The molecule has 0 aromatic carbocycles. The number of rotatable bonds is 2. The Morgan fingerprint density at radius 1 is 1.47 bits per heavy atom. The lowest BCUT2D eigenvalue weighted by Crippen LogP contribution is -2.53. The van der Waals surface area contributed by atoms with Crippen molar-refractivity contribution in [1.29, 1.82) is 0 Å². The van der Waals surface area contributed by atoms with Crippen molar-refractivity contribution in [2.45, 2.75) is 64.8 Å². The summed E-state index contributed by atoms with van der Waals surface area (Å²) in [5, 5.41) is 0. The van der Waals surface area contributed by atoms with Crippen LogP contribution in [0, 0.1) is 23.2 Å². The third kappa shape index (κ3) is 1.56. The third-order valence-electron chi connectivity index (χ3n) is 6.41. The quantitative estimate of drug-likeness (QED) is 0.702. The summed E-state index contributed by atoms with van der Waals surface area (Å²) < 4.78 is 12.2. The highest BCUT2D eigenvalue weighted by Gasteiger charge is 2.62. The zero-order valence-electron chi connectivity index (χ0n) is 12.2. The Bertz CT molecular complexity index is 402. The Hall–Kier alpha value is -0.340. The molecule has 6 atom stereocenters. The van der Waals surface area contributed by atoms with Gasteiger partial charge in [0.2, 0.25) is 0 Å². The molecule has 2 heteroatoms. The Morgan fingerprint density at radius 2 is 2.37 bits per heavy atom. The van der Waals surface area contributed by atoms with E-state index < -0.39 is 0 Å². The molecule has 0 radical (unpaired) electrons. The second kappa shape index (κ2) is 4.33. The minimum Gasteiger partial charge on any atom is -0.353 e. The summed E-state index contributed by atoms with van der Waals surface area (Å²) >= 11 is 0. The number of allylic oxidation sites excluding steroid dienone is 1. The lowest BCUT2D eigenvalue weighted by atomic mass is 9.57. The van der Waals surface area contributed by atoms with Crippen molar-refractivity contribution in [3.63, 3.8) is 0 Å². The molecule has 3 fully saturated rings. The predicted octanol–water partition coefficient (Wildman–Crippen LogP) is 3.91. The van der Waals surface area contributed by atoms with E-state index in [-0.39, 0.29) is 6.29 Å². The second-order valence-corrected chi connectivity index (χ2v) is 7.09. The monoisotopic (exact) mass is 262 g/mol. The number of hydrogen-bond donors (Lipinski definition) is 0. The van der Waals surface area contributed by atoms with Crippen LogP contribution < -0.4 is 0 Å². The van der Waals surface area contributed by atoms with Crippen molar-refractivity contribution in [1.82, 2.24) is 0 Å². The Kier molecular flexibility index (Phi) is 2.82. The van der Waals surface area contributed by atoms with Gasteiger partial charge in [-0.15, -0.1) is 0 Å². The highest BCUT2D eigenvalue weighted by atomic mass is 16.7. The largest absolute Gasteiger partial charge is 0.353 e. The van der Waals surface area contributed by atoms with Crippen LogP contribution in [-0.4, -0.2) is 19.0 Å². The van der Waals surface area contributed by atoms with E-state index in [9.17, 15) is 0 Å². The molecular formula is C17H26O2. The van der Waals surface area contributed by atoms with Gasteiger partial charge in [-0.25, -0.2) is 0 Å². The van der Waals surface area contributed by atoms with Crippen LogP contribution in [0.15, 0.2) is 11.6 Å². The van der Waals surface area contributed by atoms with Crippen LogP contribution in [0.1, 0.15) is 52.4 Å². The SMILES string of the molecule is CCOC1C[C@H]2C3CC=C4CCC[C@@H](O1)[C@]42C[C@H]3C. The zero-order valence-corrected chi connectivity index (χ0v) is 12.2. The smallest absolute Gasteiger partial charge is 0.158 e. The standard InChI is InChI=1S/C17H26O2/c1-3-18-16-9-14-13-8-7-12-5-4-6-15(19-16)17(12,14)10-11(13)2/h7,11,13-16H,3-6,8-10H2,1-2H3/t11-,13?,14+,15-,16?,17-/m1/s1. The molecule has 4 aliphatic rings. The first-order valence-corrected chi connectivity index (χ1v) is 8.22. The molecule has 0 N–H and O–H groups in total. The van der Waals surface area contributed by atoms with E-state index in [1.807, 2.05) is 0 Å². The van der Waals surface area contributed by atoms with Gasteiger partial charge in [-0.2, -0.15) is 0 Å². The molecule has 1 aliphatic heterocycles. The van der Waals surface area contributed by atoms with E-state index in [1.54, 1.807) is 5.57 Å². The zero-order chi connectivity index (χ0) is 13.0. The first-order valence-electron chi connectivity index (χ1n) is 8.22. The van der Waals surface area contributed by atoms with E-state index in [0.717, 1.165) is 30.8 Å². The molecule has 4 rings (SSSR count). The Balaban J connectivity index is 1.73. The lowest BCUT2D eigenvalue weighted by molar-refractivity contribution is -0.247. The molecule has 19 heavy (non-hydrogen) atoms. The first-order chi connectivity index (χ1) is 9.25. The van der Waals surface area contributed by atoms with E-state index in [2.05, 4.69) is 19.9 Å². The molecule has 0 amide bonds. The summed E-state index contributed by atoms with van der Waals surface area (Å²) in [4.78, 5) is 0. The molecule has 3 aliphatic carbocycles. The van der Waals surface area contributed by atoms with Crippen LogP contribution >= 0.6 is 0 Å². The lowest BCUT2D eigenvalue weighted by Gasteiger charge is -2.55. The fraction of sp³-hybridized carbons (Fsp3) is 0.882. The molecule has 0 aromatic rings. The molecule has 2 nitrogen and oxygen atoms in total. The molecule has 1 heterocycles. The second-order valence-electron chi connectivity index (χ2n) is 7.09. The van der Waals surface area contributed by atoms with Gasteiger partial charge in [0.05, 0.1) is 6.10 Å². The predicted molar refractivity (Wildman–Crippen MR) is 74.6 cm³/mol. The fourth-order valence-electron chi connectivity index (χ4n) is 5.81. The number of hydrogen-bond acceptors (Lipinski definition) is 2. The van der Waals surface area contributed by atoms with Crippen molar-refractivity contribution >= 4 is 0 Å². The van der Waals surface area contributed by atoms with Gasteiger partial charge in [0.1, 0.15) is 0 Å². The minimum atomic E-state index is 0.0679. The molecule has 0 aromatic heterocycles. The molecule has 1 saturated heterocycles. The maximum absolute atomic E-state index is 6.37. The summed E-state index contributed by atoms with van der Waals surface area (Å²) in [6, 6.07) is 0. The summed E-state index contributed by atoms with van der Waals surface area (Å²) in [5.74, 6) is 2.58. The summed E-state index contributed by atoms with van der Waals surface area (Å²) in [6.45, 7) is 5.33. The normalized spacial score (nSPS) is 51.7. The highest BCUT2D eigenvalue weighted by molar-refractivity contribution is 5.30. The summed E-state index contributed by atoms with van der Waals surface area (Å²) in [6.07, 6.45) is 10.8. The van der Waals surface area contributed by atoms with Gasteiger partial charge in [0, 0.05) is 18.4 Å². The van der Waals surface area contributed by atoms with Crippen molar-refractivity contribution in [3.05, 3.63) is 11.6 Å². The molecule has 2 bridgehead atoms. The van der Waals surface area contributed by atoms with E-state index in [1.165, 1.54) is 32.1 Å². The number of ether oxygens (including phenoxy) is 2. The van der Waals surface area contributed by atoms with E-state index >= 15 is 0 Å². The van der Waals surface area contributed by atoms with Crippen LogP contribution in [0.3, 0.4) is 0 Å². The minimum absolute atomic E-state index is 0.0679. The molecule has 2 unspecified atom stereocenters. The summed E-state index contributed by atoms with van der Waals surface area (Å²) in [5.41, 5.74) is 2.16. The van der Waals surface area contributed by atoms with Crippen molar-refractivity contribution in [2.75, 3.05) is 6.61 Å². The van der Waals surface area contributed by atoms with Gasteiger partial charge in [-0.1, -0.05) is 18.6 Å². The van der Waals surface area contributed by atoms with Crippen molar-refractivity contribution in [2.24, 2.45) is 23.2 Å². The Labute approximate surface area is 116 Å². The highest BCUT2D eigenvalue weighted by Crippen LogP contribution is 2.67. The summed E-state index contributed by atoms with van der Waals surface area (Å²) in [7, 11) is 0. The van der Waals surface area contributed by atoms with Crippen LogP contribution in [0.5, 0.6) is 0 Å². The maximum Gasteiger partial charge on any atom is 0.158 e. The molecule has 106 valence electrons. The third-order valence-corrected chi connectivity index (χ3v) is 6.41. The van der Waals surface area contributed by atoms with Gasteiger partial charge in [-0.05, 0) is 56.8 Å². The van der Waals surface area contributed by atoms with Crippen molar-refractivity contribution in [3.8, 4) is 0 Å². The molecule has 1 spiro atoms. The van der Waals surface area contributed by atoms with E-state index in [4.69, 9.17) is 9.47 Å². The van der Waals surface area contributed by atoms with Gasteiger partial charge in [0.15, 0.2) is 6.29 Å². The first kappa shape index (κ1) is 12.4. The van der Waals surface area contributed by atoms with Crippen molar-refractivity contribution < 1.29 is 9.47 Å².